The molecule has 4 atom stereocenters. The standard InChI is InChI=1S/C9H15NO6S2/c1-4-8(2,5(11)12)7(18(10,15)16)17-9(4,3)6(13)14/h4,7H,1-3H3,(H,11,12)(H,13,14)(H2,10,15,16)/t4-,7+,8+,9-/m0/s1. The van der Waals surface area contributed by atoms with E-state index in [1.165, 1.54) is 20.8 Å². The molecule has 0 aromatic rings. The highest BCUT2D eigenvalue weighted by Gasteiger charge is 2.67. The molecule has 1 aliphatic heterocycles. The highest BCUT2D eigenvalue weighted by Crippen LogP contribution is 2.59. The Morgan fingerprint density at radius 1 is 1.22 bits per heavy atom. The van der Waals surface area contributed by atoms with Crippen molar-refractivity contribution in [1.82, 2.24) is 0 Å². The highest BCUT2D eigenvalue weighted by molar-refractivity contribution is 8.14. The first-order valence-electron chi connectivity index (χ1n) is 5.04. The van der Waals surface area contributed by atoms with Crippen LogP contribution in [0.15, 0.2) is 0 Å². The van der Waals surface area contributed by atoms with Gasteiger partial charge >= 0.3 is 11.9 Å². The monoisotopic (exact) mass is 297 g/mol. The van der Waals surface area contributed by atoms with Crippen LogP contribution in [0.3, 0.4) is 0 Å². The summed E-state index contributed by atoms with van der Waals surface area (Å²) in [6, 6.07) is 0. The summed E-state index contributed by atoms with van der Waals surface area (Å²) < 4.78 is 20.0. The summed E-state index contributed by atoms with van der Waals surface area (Å²) in [6.07, 6.45) is 0. The molecule has 0 unspecified atom stereocenters. The Morgan fingerprint density at radius 3 is 1.89 bits per heavy atom. The maximum absolute atomic E-state index is 11.5. The predicted octanol–water partition coefficient (Wildman–Crippen LogP) is -0.0819. The molecule has 0 amide bonds. The fraction of sp³-hybridized carbons (Fsp3) is 0.778. The SMILES string of the molecule is C[C@H]1[C@](C)(C(=O)O)[C@@H](S(N)(=O)=O)S[C@]1(C)C(=O)O. The second-order valence-corrected chi connectivity index (χ2v) is 8.26. The molecule has 1 fully saturated rings. The van der Waals surface area contributed by atoms with Gasteiger partial charge in [0.05, 0.1) is 5.41 Å². The van der Waals surface area contributed by atoms with E-state index in [-0.39, 0.29) is 0 Å². The number of hydrogen-bond acceptors (Lipinski definition) is 5. The fourth-order valence-electron chi connectivity index (χ4n) is 2.15. The van der Waals surface area contributed by atoms with Crippen molar-refractivity contribution in [2.45, 2.75) is 30.1 Å². The van der Waals surface area contributed by atoms with Gasteiger partial charge < -0.3 is 10.2 Å². The normalized spacial score (nSPS) is 40.7. The average molecular weight is 297 g/mol. The largest absolute Gasteiger partial charge is 0.481 e. The zero-order valence-corrected chi connectivity index (χ0v) is 11.7. The van der Waals surface area contributed by atoms with Crippen LogP contribution in [0.5, 0.6) is 0 Å². The van der Waals surface area contributed by atoms with Gasteiger partial charge in [-0.1, -0.05) is 6.92 Å². The number of primary sulfonamides is 1. The molecular formula is C9H15NO6S2. The van der Waals surface area contributed by atoms with Gasteiger partial charge in [0.25, 0.3) is 0 Å². The molecule has 0 aliphatic carbocycles. The summed E-state index contributed by atoms with van der Waals surface area (Å²) >= 11 is 0.578. The van der Waals surface area contributed by atoms with E-state index in [1.807, 2.05) is 0 Å². The van der Waals surface area contributed by atoms with Crippen LogP contribution in [0.25, 0.3) is 0 Å². The number of sulfonamides is 1. The smallest absolute Gasteiger partial charge is 0.319 e. The minimum absolute atomic E-state index is 0.578. The number of nitrogens with two attached hydrogens (primary N) is 1. The van der Waals surface area contributed by atoms with Gasteiger partial charge in [-0.05, 0) is 19.8 Å². The Balaban J connectivity index is 3.48. The Labute approximate surface area is 109 Å². The van der Waals surface area contributed by atoms with E-state index in [4.69, 9.17) is 5.14 Å². The molecule has 0 spiro atoms. The number of rotatable bonds is 3. The molecule has 0 aromatic carbocycles. The van der Waals surface area contributed by atoms with Crippen LogP contribution in [-0.2, 0) is 19.6 Å². The molecule has 0 saturated carbocycles. The first-order valence-corrected chi connectivity index (χ1v) is 7.53. The van der Waals surface area contributed by atoms with Crippen LogP contribution >= 0.6 is 11.8 Å². The van der Waals surface area contributed by atoms with Crippen molar-refractivity contribution < 1.29 is 28.2 Å². The molecule has 0 bridgehead atoms. The summed E-state index contributed by atoms with van der Waals surface area (Å²) in [4.78, 5) is 22.6. The van der Waals surface area contributed by atoms with E-state index in [1.54, 1.807) is 0 Å². The molecule has 0 aromatic heterocycles. The molecule has 104 valence electrons. The topological polar surface area (TPSA) is 135 Å². The number of carboxylic acid groups (broad SMARTS) is 2. The highest BCUT2D eigenvalue weighted by atomic mass is 32.3. The zero-order chi connectivity index (χ0) is 14.5. The van der Waals surface area contributed by atoms with Crippen molar-refractivity contribution in [3.05, 3.63) is 0 Å². The molecule has 1 aliphatic rings. The molecule has 7 nitrogen and oxygen atoms in total. The number of aliphatic carboxylic acids is 2. The molecule has 4 N–H and O–H groups in total. The third-order valence-electron chi connectivity index (χ3n) is 3.75. The van der Waals surface area contributed by atoms with Crippen molar-refractivity contribution >= 4 is 33.7 Å². The third-order valence-corrected chi connectivity index (χ3v) is 7.65. The van der Waals surface area contributed by atoms with Crippen LogP contribution < -0.4 is 5.14 Å². The van der Waals surface area contributed by atoms with Gasteiger partial charge in [0, 0.05) is 0 Å². The van der Waals surface area contributed by atoms with Crippen LogP contribution in [0.4, 0.5) is 0 Å². The molecule has 1 saturated heterocycles. The third kappa shape index (κ3) is 1.90. The van der Waals surface area contributed by atoms with E-state index in [0.717, 1.165) is 0 Å². The van der Waals surface area contributed by atoms with Crippen LogP contribution in [0.1, 0.15) is 20.8 Å². The summed E-state index contributed by atoms with van der Waals surface area (Å²) in [7, 11) is -4.17. The summed E-state index contributed by atoms with van der Waals surface area (Å²) in [6.45, 7) is 3.95. The van der Waals surface area contributed by atoms with Gasteiger partial charge in [-0.15, -0.1) is 11.8 Å². The summed E-state index contributed by atoms with van der Waals surface area (Å²) in [5.74, 6) is -3.52. The second-order valence-electron chi connectivity index (χ2n) is 4.76. The van der Waals surface area contributed by atoms with E-state index in [9.17, 15) is 28.2 Å². The van der Waals surface area contributed by atoms with E-state index in [0.29, 0.717) is 11.8 Å². The van der Waals surface area contributed by atoms with Gasteiger partial charge in [-0.3, -0.25) is 9.59 Å². The average Bonchev–Trinajstić information content (AvgIpc) is 2.41. The number of hydrogen-bond donors (Lipinski definition) is 3. The minimum atomic E-state index is -4.17. The molecule has 1 heterocycles. The number of thioether (sulfide) groups is 1. The lowest BCUT2D eigenvalue weighted by Crippen LogP contribution is -2.47. The van der Waals surface area contributed by atoms with Gasteiger partial charge in [-0.2, -0.15) is 0 Å². The van der Waals surface area contributed by atoms with Crippen LogP contribution in [0, 0.1) is 11.3 Å². The van der Waals surface area contributed by atoms with Crippen molar-refractivity contribution in [3.63, 3.8) is 0 Å². The molecule has 18 heavy (non-hydrogen) atoms. The van der Waals surface area contributed by atoms with Crippen molar-refractivity contribution in [3.8, 4) is 0 Å². The molecular weight excluding hydrogens is 282 g/mol. The first-order chi connectivity index (χ1) is 7.88. The van der Waals surface area contributed by atoms with E-state index in [2.05, 4.69) is 0 Å². The Hall–Kier alpha value is -0.800. The lowest BCUT2D eigenvalue weighted by Gasteiger charge is -2.31. The Kier molecular flexibility index (Phi) is 3.48. The maximum atomic E-state index is 11.5. The Bertz CT molecular complexity index is 503. The lowest BCUT2D eigenvalue weighted by molar-refractivity contribution is -0.152. The molecule has 9 heteroatoms. The Morgan fingerprint density at radius 2 is 1.67 bits per heavy atom. The van der Waals surface area contributed by atoms with Crippen molar-refractivity contribution in [2.75, 3.05) is 0 Å². The van der Waals surface area contributed by atoms with Crippen molar-refractivity contribution in [1.29, 1.82) is 0 Å². The summed E-state index contributed by atoms with van der Waals surface area (Å²) in [5, 5.41) is 23.5. The molecule has 0 radical (unpaired) electrons. The summed E-state index contributed by atoms with van der Waals surface area (Å²) in [5.41, 5.74) is -1.74. The quantitative estimate of drug-likeness (QED) is 0.663. The fourth-order valence-corrected chi connectivity index (χ4v) is 5.82. The zero-order valence-electron chi connectivity index (χ0n) is 10.1. The second kappa shape index (κ2) is 4.10. The van der Waals surface area contributed by atoms with Gasteiger partial charge in [0.2, 0.25) is 10.0 Å². The van der Waals surface area contributed by atoms with Gasteiger partial charge in [0.1, 0.15) is 9.33 Å². The van der Waals surface area contributed by atoms with Crippen LogP contribution in [-0.4, -0.2) is 39.9 Å². The van der Waals surface area contributed by atoms with E-state index < -0.39 is 42.6 Å². The van der Waals surface area contributed by atoms with Gasteiger partial charge in [-0.25, -0.2) is 13.6 Å². The number of carbonyl (C=O) groups is 2. The molecule has 1 rings (SSSR count). The lowest BCUT2D eigenvalue weighted by atomic mass is 9.73. The van der Waals surface area contributed by atoms with Crippen molar-refractivity contribution in [2.24, 2.45) is 16.5 Å². The number of carboxylic acids is 2. The van der Waals surface area contributed by atoms with E-state index >= 15 is 0 Å². The predicted molar refractivity (Wildman–Crippen MR) is 65.4 cm³/mol. The first kappa shape index (κ1) is 15.3. The maximum Gasteiger partial charge on any atom is 0.319 e. The minimum Gasteiger partial charge on any atom is -0.481 e. The van der Waals surface area contributed by atoms with Gasteiger partial charge in [0.15, 0.2) is 0 Å². The van der Waals surface area contributed by atoms with Crippen LogP contribution in [0.2, 0.25) is 0 Å².